The van der Waals surface area contributed by atoms with Crippen molar-refractivity contribution in [1.82, 2.24) is 14.5 Å². The average molecular weight is 266 g/mol. The highest BCUT2D eigenvalue weighted by Crippen LogP contribution is 2.36. The number of benzene rings is 1. The fourth-order valence-electron chi connectivity index (χ4n) is 3.12. The Balaban J connectivity index is 1.76. The topological polar surface area (TPSA) is 59.6 Å². The van der Waals surface area contributed by atoms with Gasteiger partial charge in [-0.25, -0.2) is 4.98 Å². The number of imidazole rings is 1. The first-order valence-corrected chi connectivity index (χ1v) is 7.07. The Morgan fingerprint density at radius 1 is 1.30 bits per heavy atom. The van der Waals surface area contributed by atoms with Crippen LogP contribution in [0.3, 0.4) is 0 Å². The molecule has 0 amide bonds. The van der Waals surface area contributed by atoms with Crippen molar-refractivity contribution in [2.75, 3.05) is 0 Å². The molecule has 1 aliphatic rings. The standard InChI is InChI=1S/C16H18N4/c1-20-9-13(12-4-2-3-5-15(12)20)14-8-18-16(19-14)10-6-11(17)7-10/h2-5,8-11H,6-7,17H2,1H3,(H,18,19). The molecule has 2 heterocycles. The lowest BCUT2D eigenvalue weighted by molar-refractivity contribution is 0.340. The molecule has 0 unspecified atom stereocenters. The fraction of sp³-hybridized carbons (Fsp3) is 0.312. The molecule has 20 heavy (non-hydrogen) atoms. The molecule has 0 radical (unpaired) electrons. The summed E-state index contributed by atoms with van der Waals surface area (Å²) in [7, 11) is 2.08. The van der Waals surface area contributed by atoms with Crippen molar-refractivity contribution >= 4 is 10.9 Å². The summed E-state index contributed by atoms with van der Waals surface area (Å²) < 4.78 is 2.16. The van der Waals surface area contributed by atoms with Crippen LogP contribution in [0.15, 0.2) is 36.7 Å². The number of para-hydroxylation sites is 1. The third-order valence-corrected chi connectivity index (χ3v) is 4.34. The second-order valence-electron chi connectivity index (χ2n) is 5.78. The molecule has 3 N–H and O–H groups in total. The summed E-state index contributed by atoms with van der Waals surface area (Å²) in [5, 5.41) is 1.26. The maximum Gasteiger partial charge on any atom is 0.109 e. The quantitative estimate of drug-likeness (QED) is 0.749. The third kappa shape index (κ3) is 1.68. The van der Waals surface area contributed by atoms with Crippen LogP contribution in [-0.4, -0.2) is 20.6 Å². The van der Waals surface area contributed by atoms with E-state index in [0.717, 1.165) is 24.4 Å². The molecule has 1 fully saturated rings. The second kappa shape index (κ2) is 4.21. The first-order chi connectivity index (χ1) is 9.72. The Bertz CT molecular complexity index is 762. The van der Waals surface area contributed by atoms with E-state index >= 15 is 0 Å². The number of hydrogen-bond acceptors (Lipinski definition) is 2. The number of aromatic nitrogens is 3. The molecule has 0 saturated heterocycles. The van der Waals surface area contributed by atoms with Gasteiger partial charge in [0.15, 0.2) is 0 Å². The van der Waals surface area contributed by atoms with Gasteiger partial charge in [-0.05, 0) is 18.9 Å². The third-order valence-electron chi connectivity index (χ3n) is 4.34. The van der Waals surface area contributed by atoms with Gasteiger partial charge < -0.3 is 15.3 Å². The molecular formula is C16H18N4. The van der Waals surface area contributed by atoms with Crippen LogP contribution in [0.2, 0.25) is 0 Å². The van der Waals surface area contributed by atoms with E-state index in [-0.39, 0.29) is 0 Å². The summed E-state index contributed by atoms with van der Waals surface area (Å²) in [4.78, 5) is 8.02. The highest BCUT2D eigenvalue weighted by molar-refractivity contribution is 5.95. The van der Waals surface area contributed by atoms with Crippen molar-refractivity contribution in [3.63, 3.8) is 0 Å². The highest BCUT2D eigenvalue weighted by Gasteiger charge is 2.29. The average Bonchev–Trinajstić information content (AvgIpc) is 3.01. The van der Waals surface area contributed by atoms with Gasteiger partial charge in [0.1, 0.15) is 5.82 Å². The van der Waals surface area contributed by atoms with Crippen LogP contribution >= 0.6 is 0 Å². The van der Waals surface area contributed by atoms with Gasteiger partial charge in [-0.15, -0.1) is 0 Å². The van der Waals surface area contributed by atoms with Gasteiger partial charge in [0.2, 0.25) is 0 Å². The van der Waals surface area contributed by atoms with E-state index in [0.29, 0.717) is 12.0 Å². The number of aryl methyl sites for hydroxylation is 1. The van der Waals surface area contributed by atoms with Crippen molar-refractivity contribution in [1.29, 1.82) is 0 Å². The van der Waals surface area contributed by atoms with E-state index < -0.39 is 0 Å². The number of nitrogens with two attached hydrogens (primary N) is 1. The SMILES string of the molecule is Cn1cc(-c2cnc(C3CC(N)C3)[nH]2)c2ccccc21. The van der Waals surface area contributed by atoms with Crippen LogP contribution in [0.25, 0.3) is 22.2 Å². The van der Waals surface area contributed by atoms with Gasteiger partial charge in [-0.1, -0.05) is 18.2 Å². The highest BCUT2D eigenvalue weighted by atomic mass is 15.0. The van der Waals surface area contributed by atoms with Gasteiger partial charge in [0, 0.05) is 41.7 Å². The Morgan fingerprint density at radius 2 is 2.10 bits per heavy atom. The molecule has 4 heteroatoms. The van der Waals surface area contributed by atoms with Gasteiger partial charge in [0.25, 0.3) is 0 Å². The normalized spacial score (nSPS) is 22.1. The van der Waals surface area contributed by atoms with E-state index in [1.54, 1.807) is 0 Å². The molecular weight excluding hydrogens is 248 g/mol. The van der Waals surface area contributed by atoms with Crippen LogP contribution in [0.1, 0.15) is 24.6 Å². The Morgan fingerprint density at radius 3 is 2.90 bits per heavy atom. The number of aromatic amines is 1. The summed E-state index contributed by atoms with van der Waals surface area (Å²) >= 11 is 0. The van der Waals surface area contributed by atoms with E-state index in [9.17, 15) is 0 Å². The molecule has 0 atom stereocenters. The van der Waals surface area contributed by atoms with Crippen LogP contribution in [-0.2, 0) is 7.05 Å². The fourth-order valence-corrected chi connectivity index (χ4v) is 3.12. The Hall–Kier alpha value is -2.07. The zero-order valence-electron chi connectivity index (χ0n) is 11.5. The first kappa shape index (κ1) is 11.7. The van der Waals surface area contributed by atoms with Crippen molar-refractivity contribution in [2.24, 2.45) is 12.8 Å². The van der Waals surface area contributed by atoms with Crippen molar-refractivity contribution < 1.29 is 0 Å². The zero-order chi connectivity index (χ0) is 13.7. The van der Waals surface area contributed by atoms with Crippen LogP contribution in [0.4, 0.5) is 0 Å². The van der Waals surface area contributed by atoms with E-state index in [1.165, 1.54) is 16.5 Å². The van der Waals surface area contributed by atoms with Crippen LogP contribution in [0, 0.1) is 0 Å². The molecule has 4 rings (SSSR count). The largest absolute Gasteiger partial charge is 0.350 e. The number of nitrogens with zero attached hydrogens (tertiary/aromatic N) is 2. The smallest absolute Gasteiger partial charge is 0.109 e. The molecule has 3 aromatic rings. The van der Waals surface area contributed by atoms with Gasteiger partial charge in [-0.3, -0.25) is 0 Å². The molecule has 1 aromatic carbocycles. The number of H-pyrrole nitrogens is 1. The Labute approximate surface area is 117 Å². The lowest BCUT2D eigenvalue weighted by Gasteiger charge is -2.30. The molecule has 102 valence electrons. The van der Waals surface area contributed by atoms with Crippen molar-refractivity contribution in [2.45, 2.75) is 24.8 Å². The minimum atomic E-state index is 0.353. The van der Waals surface area contributed by atoms with Crippen molar-refractivity contribution in [3.05, 3.63) is 42.5 Å². The number of hydrogen-bond donors (Lipinski definition) is 2. The summed E-state index contributed by atoms with van der Waals surface area (Å²) in [5.41, 5.74) is 9.41. The number of rotatable bonds is 2. The molecule has 2 aromatic heterocycles. The summed E-state index contributed by atoms with van der Waals surface area (Å²) in [6.07, 6.45) is 6.19. The van der Waals surface area contributed by atoms with Crippen LogP contribution in [0.5, 0.6) is 0 Å². The van der Waals surface area contributed by atoms with Crippen LogP contribution < -0.4 is 5.73 Å². The zero-order valence-corrected chi connectivity index (χ0v) is 11.5. The molecule has 1 aliphatic carbocycles. The molecule has 0 aliphatic heterocycles. The Kier molecular flexibility index (Phi) is 2.47. The predicted octanol–water partition coefficient (Wildman–Crippen LogP) is 2.77. The first-order valence-electron chi connectivity index (χ1n) is 7.07. The molecule has 1 saturated carbocycles. The van der Waals surface area contributed by atoms with E-state index in [2.05, 4.69) is 52.0 Å². The monoisotopic (exact) mass is 266 g/mol. The lowest BCUT2D eigenvalue weighted by Crippen LogP contribution is -2.35. The molecule has 4 nitrogen and oxygen atoms in total. The molecule has 0 spiro atoms. The summed E-state index contributed by atoms with van der Waals surface area (Å²) in [6, 6.07) is 8.80. The van der Waals surface area contributed by atoms with Gasteiger partial charge >= 0.3 is 0 Å². The number of nitrogens with one attached hydrogen (secondary N) is 1. The summed E-state index contributed by atoms with van der Waals surface area (Å²) in [6.45, 7) is 0. The van der Waals surface area contributed by atoms with Crippen molar-refractivity contribution in [3.8, 4) is 11.3 Å². The summed E-state index contributed by atoms with van der Waals surface area (Å²) in [5.74, 6) is 1.59. The number of fused-ring (bicyclic) bond motifs is 1. The lowest BCUT2D eigenvalue weighted by atomic mass is 9.80. The minimum absolute atomic E-state index is 0.353. The minimum Gasteiger partial charge on any atom is -0.350 e. The maximum atomic E-state index is 5.86. The van der Waals surface area contributed by atoms with Gasteiger partial charge in [0.05, 0.1) is 11.9 Å². The second-order valence-corrected chi connectivity index (χ2v) is 5.78. The predicted molar refractivity (Wildman–Crippen MR) is 80.5 cm³/mol. The van der Waals surface area contributed by atoms with E-state index in [1.807, 2.05) is 6.20 Å². The van der Waals surface area contributed by atoms with E-state index in [4.69, 9.17) is 5.73 Å². The van der Waals surface area contributed by atoms with Gasteiger partial charge in [-0.2, -0.15) is 0 Å². The maximum absolute atomic E-state index is 5.86. The molecule has 0 bridgehead atoms.